The fourth-order valence-corrected chi connectivity index (χ4v) is 5.61. The van der Waals surface area contributed by atoms with Crippen LogP contribution in [-0.2, 0) is 17.5 Å². The van der Waals surface area contributed by atoms with Crippen LogP contribution in [0, 0.1) is 0 Å². The minimum Gasteiger partial charge on any atom is -0.494 e. The van der Waals surface area contributed by atoms with E-state index >= 15 is 0 Å². The second-order valence-electron chi connectivity index (χ2n) is 11.5. The van der Waals surface area contributed by atoms with Crippen LogP contribution in [-0.4, -0.2) is 47.8 Å². The molecule has 0 saturated heterocycles. The topological polar surface area (TPSA) is 110 Å². The maximum atomic E-state index is 14.0. The number of fused-ring (bicyclic) bond motifs is 1. The van der Waals surface area contributed by atoms with Crippen molar-refractivity contribution in [2.45, 2.75) is 57.3 Å². The van der Waals surface area contributed by atoms with Crippen LogP contribution in [0.25, 0.3) is 39.6 Å². The molecule has 0 radical (unpaired) electrons. The molecule has 0 aliphatic heterocycles. The van der Waals surface area contributed by atoms with E-state index in [1.165, 1.54) is 18.0 Å². The molecule has 0 atom stereocenters. The minimum absolute atomic E-state index is 0.00680. The number of halogens is 3. The highest BCUT2D eigenvalue weighted by Gasteiger charge is 2.37. The van der Waals surface area contributed by atoms with E-state index in [0.717, 1.165) is 43.1 Å². The van der Waals surface area contributed by atoms with E-state index in [1.54, 1.807) is 48.0 Å². The van der Waals surface area contributed by atoms with Gasteiger partial charge in [0, 0.05) is 35.3 Å². The Morgan fingerprint density at radius 2 is 1.83 bits per heavy atom. The Kier molecular flexibility index (Phi) is 7.33. The first-order valence-electron chi connectivity index (χ1n) is 15.0. The van der Waals surface area contributed by atoms with Crippen LogP contribution < -0.4 is 10.3 Å². The number of methoxy groups -OCH3 is 1. The summed E-state index contributed by atoms with van der Waals surface area (Å²) in [6, 6.07) is 8.67. The Morgan fingerprint density at radius 3 is 2.48 bits per heavy atom. The van der Waals surface area contributed by atoms with E-state index in [4.69, 9.17) is 14.5 Å². The van der Waals surface area contributed by atoms with Crippen LogP contribution >= 0.6 is 0 Å². The predicted octanol–water partition coefficient (Wildman–Crippen LogP) is 6.41. The average molecular weight is 630 g/mol. The van der Waals surface area contributed by atoms with Gasteiger partial charge in [0.2, 0.25) is 5.88 Å². The lowest BCUT2D eigenvalue weighted by molar-refractivity contribution is -0.140. The fourth-order valence-electron chi connectivity index (χ4n) is 5.61. The van der Waals surface area contributed by atoms with Crippen molar-refractivity contribution in [3.63, 3.8) is 0 Å². The Labute approximate surface area is 261 Å². The van der Waals surface area contributed by atoms with Gasteiger partial charge in [0.05, 0.1) is 31.5 Å². The number of ether oxygens (including phenoxy) is 2. The standard InChI is InChI=1S/C33H30F3N7O3/c1-4-46-18(2)24-13-22-14-37-28(26-27(20-9-10-20)38-17-39-31(26)45-3)41-30(22)43(32(24)44)15-19-5-7-21(8-6-19)29-40-25(33(34,35)36)16-42(29)23-11-12-23/h5-8,13-14,16-17,20,23H,2,4,9-12,15H2,1,3H3. The van der Waals surface area contributed by atoms with Gasteiger partial charge in [-0.1, -0.05) is 30.8 Å². The lowest BCUT2D eigenvalue weighted by Crippen LogP contribution is -2.25. The molecule has 1 aromatic carbocycles. The van der Waals surface area contributed by atoms with Gasteiger partial charge in [-0.2, -0.15) is 13.2 Å². The molecule has 4 aromatic heterocycles. The molecule has 2 aliphatic rings. The molecule has 0 amide bonds. The Bertz CT molecular complexity index is 2030. The molecule has 10 nitrogen and oxygen atoms in total. The SMILES string of the molecule is C=C(OCC)c1cc2cnc(-c3c(OC)ncnc3C3CC3)nc2n(Cc2ccc(-c3nc(C(F)(F)F)cn3C3CC3)cc2)c1=O. The van der Waals surface area contributed by atoms with Crippen molar-refractivity contribution in [3.8, 4) is 28.7 Å². The molecule has 0 bridgehead atoms. The molecule has 2 saturated carbocycles. The summed E-state index contributed by atoms with van der Waals surface area (Å²) in [4.78, 5) is 36.2. The van der Waals surface area contributed by atoms with Crippen LogP contribution in [0.2, 0.25) is 0 Å². The molecule has 0 N–H and O–H groups in total. The van der Waals surface area contributed by atoms with Gasteiger partial charge in [0.25, 0.3) is 5.56 Å². The number of aromatic nitrogens is 7. The van der Waals surface area contributed by atoms with E-state index in [-0.39, 0.29) is 41.2 Å². The molecule has 13 heteroatoms. The summed E-state index contributed by atoms with van der Waals surface area (Å²) in [5, 5.41) is 0.589. The molecular formula is C33H30F3N7O3. The third-order valence-corrected chi connectivity index (χ3v) is 8.18. The number of hydrogen-bond donors (Lipinski definition) is 0. The highest BCUT2D eigenvalue weighted by Crippen LogP contribution is 2.45. The summed E-state index contributed by atoms with van der Waals surface area (Å²) >= 11 is 0. The second-order valence-corrected chi connectivity index (χ2v) is 11.5. The summed E-state index contributed by atoms with van der Waals surface area (Å²) in [6.07, 6.45) is 3.25. The molecule has 0 spiro atoms. The van der Waals surface area contributed by atoms with Crippen LogP contribution in [0.15, 0.2) is 60.4 Å². The molecule has 5 aromatic rings. The van der Waals surface area contributed by atoms with Crippen LogP contribution in [0.5, 0.6) is 5.88 Å². The molecule has 46 heavy (non-hydrogen) atoms. The zero-order valence-corrected chi connectivity index (χ0v) is 25.2. The number of nitrogens with zero attached hydrogens (tertiary/aromatic N) is 7. The number of benzene rings is 1. The van der Waals surface area contributed by atoms with E-state index < -0.39 is 11.9 Å². The number of hydrogen-bond acceptors (Lipinski definition) is 8. The molecule has 4 heterocycles. The lowest BCUT2D eigenvalue weighted by Gasteiger charge is -2.16. The van der Waals surface area contributed by atoms with Gasteiger partial charge in [-0.3, -0.25) is 9.36 Å². The van der Waals surface area contributed by atoms with Crippen molar-refractivity contribution in [2.75, 3.05) is 13.7 Å². The molecule has 236 valence electrons. The summed E-state index contributed by atoms with van der Waals surface area (Å²) in [6.45, 7) is 6.20. The number of rotatable bonds is 10. The number of pyridine rings is 1. The molecule has 2 aliphatic carbocycles. The van der Waals surface area contributed by atoms with Crippen LogP contribution in [0.1, 0.15) is 67.1 Å². The Morgan fingerprint density at radius 1 is 1.07 bits per heavy atom. The van der Waals surface area contributed by atoms with Crippen molar-refractivity contribution in [1.29, 1.82) is 0 Å². The highest BCUT2D eigenvalue weighted by atomic mass is 19.4. The Hall–Kier alpha value is -5.07. The maximum absolute atomic E-state index is 14.0. The van der Waals surface area contributed by atoms with E-state index in [9.17, 15) is 18.0 Å². The van der Waals surface area contributed by atoms with Gasteiger partial charge in [-0.05, 0) is 44.2 Å². The van der Waals surface area contributed by atoms with Crippen molar-refractivity contribution in [3.05, 3.63) is 88.5 Å². The quantitative estimate of drug-likeness (QED) is 0.163. The fraction of sp³-hybridized carbons (Fsp3) is 0.333. The van der Waals surface area contributed by atoms with Crippen molar-refractivity contribution < 1.29 is 22.6 Å². The first-order valence-corrected chi connectivity index (χ1v) is 15.0. The van der Waals surface area contributed by atoms with Crippen molar-refractivity contribution in [2.24, 2.45) is 0 Å². The van der Waals surface area contributed by atoms with Gasteiger partial charge in [-0.15, -0.1) is 0 Å². The average Bonchev–Trinajstić information content (AvgIpc) is 4.00. The largest absolute Gasteiger partial charge is 0.494 e. The third-order valence-electron chi connectivity index (χ3n) is 8.18. The predicted molar refractivity (Wildman–Crippen MR) is 164 cm³/mol. The van der Waals surface area contributed by atoms with E-state index in [2.05, 4.69) is 26.5 Å². The van der Waals surface area contributed by atoms with Gasteiger partial charge in [0.15, 0.2) is 11.5 Å². The number of alkyl halides is 3. The first kappa shape index (κ1) is 29.6. The van der Waals surface area contributed by atoms with E-state index in [1.807, 2.05) is 0 Å². The van der Waals surface area contributed by atoms with Crippen molar-refractivity contribution >= 4 is 16.8 Å². The molecule has 0 unspecified atom stereocenters. The highest BCUT2D eigenvalue weighted by molar-refractivity contribution is 5.81. The van der Waals surface area contributed by atoms with Gasteiger partial charge >= 0.3 is 6.18 Å². The van der Waals surface area contributed by atoms with E-state index in [0.29, 0.717) is 40.5 Å². The zero-order valence-electron chi connectivity index (χ0n) is 25.2. The lowest BCUT2D eigenvalue weighted by atomic mass is 10.1. The smallest absolute Gasteiger partial charge is 0.434 e. The summed E-state index contributed by atoms with van der Waals surface area (Å²) < 4.78 is 54.7. The summed E-state index contributed by atoms with van der Waals surface area (Å²) in [5.41, 5.74) is 2.04. The van der Waals surface area contributed by atoms with Crippen molar-refractivity contribution in [1.82, 2.24) is 34.1 Å². The minimum atomic E-state index is -4.54. The third kappa shape index (κ3) is 5.50. The van der Waals surface area contributed by atoms with Crippen LogP contribution in [0.4, 0.5) is 13.2 Å². The molecule has 7 rings (SSSR count). The first-order chi connectivity index (χ1) is 22.2. The van der Waals surface area contributed by atoms with Crippen LogP contribution in [0.3, 0.4) is 0 Å². The van der Waals surface area contributed by atoms with Gasteiger partial charge < -0.3 is 14.0 Å². The Balaban J connectivity index is 1.32. The number of imidazole rings is 1. The summed E-state index contributed by atoms with van der Waals surface area (Å²) in [7, 11) is 1.52. The molecular weight excluding hydrogens is 599 g/mol. The second kappa shape index (κ2) is 11.4. The zero-order chi connectivity index (χ0) is 32.2. The van der Waals surface area contributed by atoms with Gasteiger partial charge in [-0.25, -0.2) is 24.9 Å². The summed E-state index contributed by atoms with van der Waals surface area (Å²) in [5.74, 6) is 1.43. The normalized spacial score (nSPS) is 14.9. The monoisotopic (exact) mass is 629 g/mol. The molecule has 2 fully saturated rings. The van der Waals surface area contributed by atoms with Gasteiger partial charge in [0.1, 0.15) is 29.1 Å². The maximum Gasteiger partial charge on any atom is 0.434 e.